The summed E-state index contributed by atoms with van der Waals surface area (Å²) in [5.41, 5.74) is 5.44. The minimum absolute atomic E-state index is 0.0112. The number of carbonyl (C=O) groups excluding carboxylic acids is 2. The molecule has 19 heavy (non-hydrogen) atoms. The monoisotopic (exact) mass is 269 g/mol. The first-order valence-electron chi connectivity index (χ1n) is 7.03. The van der Waals surface area contributed by atoms with Gasteiger partial charge in [0.25, 0.3) is 0 Å². The number of nitrogens with zero attached hydrogens (tertiary/aromatic N) is 1. The predicted octanol–water partition coefficient (Wildman–Crippen LogP) is 0.734. The van der Waals surface area contributed by atoms with Crippen molar-refractivity contribution in [1.82, 2.24) is 10.2 Å². The largest absolute Gasteiger partial charge is 0.347 e. The molecule has 1 saturated heterocycles. The smallest absolute Gasteiger partial charge is 0.241 e. The molecule has 1 aliphatic rings. The molecule has 1 rings (SSSR count). The summed E-state index contributed by atoms with van der Waals surface area (Å²) >= 11 is 0. The topological polar surface area (TPSA) is 75.4 Å². The third-order valence-electron chi connectivity index (χ3n) is 3.64. The minimum atomic E-state index is -0.462. The quantitative estimate of drug-likeness (QED) is 0.793. The molecule has 0 aliphatic carbocycles. The van der Waals surface area contributed by atoms with Gasteiger partial charge in [0, 0.05) is 24.5 Å². The van der Waals surface area contributed by atoms with Gasteiger partial charge >= 0.3 is 0 Å². The zero-order chi connectivity index (χ0) is 14.6. The lowest BCUT2D eigenvalue weighted by Gasteiger charge is -2.34. The van der Waals surface area contributed by atoms with Gasteiger partial charge in [0.2, 0.25) is 11.8 Å². The first kappa shape index (κ1) is 16.0. The number of carbonyl (C=O) groups is 2. The van der Waals surface area contributed by atoms with Crippen LogP contribution in [-0.2, 0) is 9.59 Å². The van der Waals surface area contributed by atoms with Crippen LogP contribution in [0.5, 0.6) is 0 Å². The summed E-state index contributed by atoms with van der Waals surface area (Å²) < 4.78 is 0. The van der Waals surface area contributed by atoms with Crippen molar-refractivity contribution < 1.29 is 9.59 Å². The summed E-state index contributed by atoms with van der Waals surface area (Å²) in [7, 11) is 0. The lowest BCUT2D eigenvalue weighted by molar-refractivity contribution is -0.136. The number of nitrogens with one attached hydrogen (secondary N) is 1. The molecule has 0 aromatic heterocycles. The third-order valence-corrected chi connectivity index (χ3v) is 3.64. The molecule has 0 spiro atoms. The van der Waals surface area contributed by atoms with Gasteiger partial charge in [-0.2, -0.15) is 0 Å². The molecule has 1 aliphatic heterocycles. The van der Waals surface area contributed by atoms with Crippen LogP contribution in [0, 0.1) is 11.3 Å². The molecule has 2 amide bonds. The fourth-order valence-corrected chi connectivity index (χ4v) is 2.20. The van der Waals surface area contributed by atoms with E-state index in [-0.39, 0.29) is 24.4 Å². The number of nitrogens with two attached hydrogens (primary N) is 1. The summed E-state index contributed by atoms with van der Waals surface area (Å²) in [5, 5.41) is 2.70. The first-order chi connectivity index (χ1) is 8.71. The van der Waals surface area contributed by atoms with Crippen molar-refractivity contribution in [2.24, 2.45) is 17.1 Å². The van der Waals surface area contributed by atoms with Crippen molar-refractivity contribution in [3.63, 3.8) is 0 Å². The lowest BCUT2D eigenvalue weighted by atomic mass is 9.92. The summed E-state index contributed by atoms with van der Waals surface area (Å²) in [6.07, 6.45) is 2.07. The molecule has 1 heterocycles. The van der Waals surface area contributed by atoms with Crippen LogP contribution in [0.25, 0.3) is 0 Å². The highest BCUT2D eigenvalue weighted by molar-refractivity contribution is 5.87. The highest BCUT2D eigenvalue weighted by atomic mass is 16.2. The maximum Gasteiger partial charge on any atom is 0.241 e. The second-order valence-corrected chi connectivity index (χ2v) is 6.53. The molecule has 110 valence electrons. The summed E-state index contributed by atoms with van der Waals surface area (Å²) in [4.78, 5) is 25.6. The molecular weight excluding hydrogens is 242 g/mol. The van der Waals surface area contributed by atoms with E-state index in [1.54, 1.807) is 0 Å². The van der Waals surface area contributed by atoms with Gasteiger partial charge in [-0.15, -0.1) is 0 Å². The molecule has 2 unspecified atom stereocenters. The van der Waals surface area contributed by atoms with Gasteiger partial charge in [-0.1, -0.05) is 20.8 Å². The molecule has 0 aromatic carbocycles. The Morgan fingerprint density at radius 2 is 2.05 bits per heavy atom. The van der Waals surface area contributed by atoms with Crippen molar-refractivity contribution in [3.05, 3.63) is 0 Å². The average Bonchev–Trinajstić information content (AvgIpc) is 2.34. The fourth-order valence-electron chi connectivity index (χ4n) is 2.20. The van der Waals surface area contributed by atoms with E-state index in [1.807, 2.05) is 32.6 Å². The lowest BCUT2D eigenvalue weighted by Crippen LogP contribution is -2.49. The van der Waals surface area contributed by atoms with Crippen LogP contribution in [0.15, 0.2) is 0 Å². The van der Waals surface area contributed by atoms with Gasteiger partial charge in [0.15, 0.2) is 0 Å². The Hall–Kier alpha value is -1.10. The number of rotatable bonds is 3. The van der Waals surface area contributed by atoms with E-state index in [9.17, 15) is 9.59 Å². The van der Waals surface area contributed by atoms with Crippen molar-refractivity contribution in [2.45, 2.75) is 46.6 Å². The third kappa shape index (κ3) is 4.82. The van der Waals surface area contributed by atoms with Crippen LogP contribution in [0.1, 0.15) is 40.5 Å². The zero-order valence-corrected chi connectivity index (χ0v) is 12.5. The van der Waals surface area contributed by atoms with E-state index in [0.717, 1.165) is 19.4 Å². The van der Waals surface area contributed by atoms with Gasteiger partial charge in [-0.3, -0.25) is 9.59 Å². The number of amides is 2. The second-order valence-electron chi connectivity index (χ2n) is 6.53. The molecule has 3 N–H and O–H groups in total. The minimum Gasteiger partial charge on any atom is -0.347 e. The predicted molar refractivity (Wildman–Crippen MR) is 75.4 cm³/mol. The van der Waals surface area contributed by atoms with E-state index >= 15 is 0 Å². The standard InChI is InChI=1S/C14H27N3O2/c1-10(15)11-6-5-7-17(9-11)12(18)8-16-13(19)14(2,3)4/h10-11H,5-9,15H2,1-4H3,(H,16,19). The zero-order valence-electron chi connectivity index (χ0n) is 12.5. The Morgan fingerprint density at radius 1 is 1.42 bits per heavy atom. The van der Waals surface area contributed by atoms with Crippen molar-refractivity contribution in [1.29, 1.82) is 0 Å². The molecule has 0 bridgehead atoms. The van der Waals surface area contributed by atoms with Crippen LogP contribution in [0.4, 0.5) is 0 Å². The molecule has 2 atom stereocenters. The molecule has 5 nitrogen and oxygen atoms in total. The molecule has 0 saturated carbocycles. The average molecular weight is 269 g/mol. The summed E-state index contributed by atoms with van der Waals surface area (Å²) in [5.74, 6) is 0.264. The summed E-state index contributed by atoms with van der Waals surface area (Å²) in [6, 6.07) is 0.111. The number of likely N-dealkylation sites (tertiary alicyclic amines) is 1. The second kappa shape index (κ2) is 6.37. The van der Waals surface area contributed by atoms with Crippen LogP contribution in [0.3, 0.4) is 0 Å². The molecule has 1 fully saturated rings. The Kier molecular flexibility index (Phi) is 5.35. The van der Waals surface area contributed by atoms with Crippen molar-refractivity contribution in [2.75, 3.05) is 19.6 Å². The molecule has 0 aromatic rings. The van der Waals surface area contributed by atoms with Crippen molar-refractivity contribution >= 4 is 11.8 Å². The maximum atomic E-state index is 12.1. The van der Waals surface area contributed by atoms with Crippen LogP contribution in [0.2, 0.25) is 0 Å². The normalized spacial score (nSPS) is 21.9. The highest BCUT2D eigenvalue weighted by Gasteiger charge is 2.27. The van der Waals surface area contributed by atoms with Gasteiger partial charge in [0.05, 0.1) is 6.54 Å². The first-order valence-corrected chi connectivity index (χ1v) is 7.03. The van der Waals surface area contributed by atoms with E-state index in [4.69, 9.17) is 5.73 Å². The highest BCUT2D eigenvalue weighted by Crippen LogP contribution is 2.18. The summed E-state index contributed by atoms with van der Waals surface area (Å²) in [6.45, 7) is 9.05. The molecular formula is C14H27N3O2. The van der Waals surface area contributed by atoms with E-state index < -0.39 is 5.41 Å². The molecule has 0 radical (unpaired) electrons. The Labute approximate surface area is 115 Å². The number of hydrogen-bond donors (Lipinski definition) is 2. The van der Waals surface area contributed by atoms with E-state index in [0.29, 0.717) is 12.5 Å². The van der Waals surface area contributed by atoms with Crippen LogP contribution in [-0.4, -0.2) is 42.4 Å². The van der Waals surface area contributed by atoms with Crippen LogP contribution < -0.4 is 11.1 Å². The van der Waals surface area contributed by atoms with E-state index in [2.05, 4.69) is 5.32 Å². The SMILES string of the molecule is CC(N)C1CCCN(C(=O)CNC(=O)C(C)(C)C)C1. The van der Waals surface area contributed by atoms with Gasteiger partial charge in [-0.05, 0) is 25.7 Å². The number of piperidine rings is 1. The fraction of sp³-hybridized carbons (Fsp3) is 0.857. The number of hydrogen-bond acceptors (Lipinski definition) is 3. The Balaban J connectivity index is 2.43. The van der Waals surface area contributed by atoms with Crippen molar-refractivity contribution in [3.8, 4) is 0 Å². The molecule has 5 heteroatoms. The Bertz CT molecular complexity index is 334. The van der Waals surface area contributed by atoms with Gasteiger partial charge < -0.3 is 16.0 Å². The Morgan fingerprint density at radius 3 is 2.58 bits per heavy atom. The maximum absolute atomic E-state index is 12.1. The van der Waals surface area contributed by atoms with Gasteiger partial charge in [0.1, 0.15) is 0 Å². The van der Waals surface area contributed by atoms with Crippen LogP contribution >= 0.6 is 0 Å². The van der Waals surface area contributed by atoms with Gasteiger partial charge in [-0.25, -0.2) is 0 Å². The van der Waals surface area contributed by atoms with E-state index in [1.165, 1.54) is 0 Å².